The Labute approximate surface area is 179 Å². The average Bonchev–Trinajstić information content (AvgIpc) is 2.63. The molecule has 2 aromatic rings. The molecule has 0 atom stereocenters. The van der Waals surface area contributed by atoms with Crippen LogP contribution in [0, 0.1) is 5.92 Å². The summed E-state index contributed by atoms with van der Waals surface area (Å²) in [6, 6.07) is 10.4. The molecule has 0 aromatic heterocycles. The number of benzene rings is 2. The first kappa shape index (κ1) is 24.1. The van der Waals surface area contributed by atoms with Gasteiger partial charge in [0.25, 0.3) is 0 Å². The van der Waals surface area contributed by atoms with Crippen molar-refractivity contribution in [1.29, 1.82) is 0 Å². The van der Waals surface area contributed by atoms with E-state index in [0.29, 0.717) is 5.92 Å². The standard InChI is InChI=1S/C21H20F6Se2/c1-14(2)3-8-19(29-18-11-6-16(7-12-18)21(25,26)27)13-28-17-9-4-15(5-10-17)20(22,23)24/h4-7,9-14H,3,8H2,1-2H3/b19-13-. The van der Waals surface area contributed by atoms with Crippen LogP contribution < -0.4 is 8.92 Å². The molecule has 0 unspecified atom stereocenters. The van der Waals surface area contributed by atoms with Crippen molar-refractivity contribution in [2.24, 2.45) is 5.92 Å². The van der Waals surface area contributed by atoms with Gasteiger partial charge in [-0.05, 0) is 0 Å². The van der Waals surface area contributed by atoms with E-state index in [9.17, 15) is 26.3 Å². The second-order valence-corrected chi connectivity index (χ2v) is 11.3. The number of halogens is 6. The summed E-state index contributed by atoms with van der Waals surface area (Å²) in [7, 11) is 0. The first-order valence-electron chi connectivity index (χ1n) is 8.83. The Bertz CT molecular complexity index is 803. The van der Waals surface area contributed by atoms with Gasteiger partial charge in [-0.25, -0.2) is 0 Å². The van der Waals surface area contributed by atoms with Gasteiger partial charge in [0, 0.05) is 0 Å². The molecule has 0 saturated carbocycles. The second-order valence-electron chi connectivity index (χ2n) is 6.78. The van der Waals surface area contributed by atoms with E-state index >= 15 is 0 Å². The molecule has 0 amide bonds. The van der Waals surface area contributed by atoms with Crippen molar-refractivity contribution >= 4 is 38.8 Å². The van der Waals surface area contributed by atoms with Crippen LogP contribution in [0.1, 0.15) is 37.8 Å². The number of allylic oxidation sites excluding steroid dienone is 1. The number of alkyl halides is 6. The van der Waals surface area contributed by atoms with Crippen molar-refractivity contribution in [1.82, 2.24) is 0 Å². The van der Waals surface area contributed by atoms with E-state index in [1.54, 1.807) is 0 Å². The summed E-state index contributed by atoms with van der Waals surface area (Å²) >= 11 is -0.253. The summed E-state index contributed by atoms with van der Waals surface area (Å²) in [5, 5.41) is 0. The molecule has 0 radical (unpaired) electrons. The third-order valence-electron chi connectivity index (χ3n) is 3.91. The summed E-state index contributed by atoms with van der Waals surface area (Å²) in [6.45, 7) is 4.20. The number of rotatable bonds is 7. The first-order valence-corrected chi connectivity index (χ1v) is 12.4. The third kappa shape index (κ3) is 8.21. The summed E-state index contributed by atoms with van der Waals surface area (Å²) in [4.78, 5) is 2.07. The first-order chi connectivity index (χ1) is 13.4. The van der Waals surface area contributed by atoms with E-state index in [4.69, 9.17) is 0 Å². The fraction of sp³-hybridized carbons (Fsp3) is 0.333. The molecule has 2 aromatic carbocycles. The van der Waals surface area contributed by atoms with E-state index in [1.807, 2.05) is 0 Å². The van der Waals surface area contributed by atoms with Crippen LogP contribution in [0.3, 0.4) is 0 Å². The normalized spacial score (nSPS) is 13.2. The molecule has 0 saturated heterocycles. The van der Waals surface area contributed by atoms with Crippen LogP contribution in [0.4, 0.5) is 26.3 Å². The fourth-order valence-electron chi connectivity index (χ4n) is 2.28. The van der Waals surface area contributed by atoms with E-state index in [2.05, 4.69) is 18.8 Å². The average molecular weight is 544 g/mol. The maximum absolute atomic E-state index is 12.7. The van der Waals surface area contributed by atoms with Gasteiger partial charge in [-0.3, -0.25) is 0 Å². The van der Waals surface area contributed by atoms with Crippen LogP contribution in [-0.4, -0.2) is 29.9 Å². The zero-order valence-corrected chi connectivity index (χ0v) is 19.2. The van der Waals surface area contributed by atoms with Crippen molar-refractivity contribution in [2.45, 2.75) is 39.0 Å². The molecule has 2 rings (SSSR count). The van der Waals surface area contributed by atoms with Gasteiger partial charge in [-0.15, -0.1) is 0 Å². The second kappa shape index (κ2) is 10.2. The minimum absolute atomic E-state index is 0.118. The quantitative estimate of drug-likeness (QED) is 0.326. The van der Waals surface area contributed by atoms with Gasteiger partial charge in [0.15, 0.2) is 0 Å². The Kier molecular flexibility index (Phi) is 8.47. The zero-order valence-electron chi connectivity index (χ0n) is 15.8. The van der Waals surface area contributed by atoms with E-state index < -0.39 is 23.5 Å². The van der Waals surface area contributed by atoms with Crippen molar-refractivity contribution in [3.8, 4) is 0 Å². The maximum atomic E-state index is 12.7. The van der Waals surface area contributed by atoms with Gasteiger partial charge in [-0.1, -0.05) is 0 Å². The predicted octanol–water partition coefficient (Wildman–Crippen LogP) is 5.36. The number of hydrogen-bond donors (Lipinski definition) is 0. The summed E-state index contributed by atoms with van der Waals surface area (Å²) in [5.74, 6) is 0.486. The fourth-order valence-corrected chi connectivity index (χ4v) is 6.53. The Balaban J connectivity index is 2.12. The molecule has 0 spiro atoms. The molecule has 0 nitrogen and oxygen atoms in total. The zero-order chi connectivity index (χ0) is 21.7. The SMILES string of the molecule is CC(C)CC/C(=C/[Se]c1ccc(C(F)(F)F)cc1)[Se]c1ccc(C(F)(F)F)cc1. The Morgan fingerprint density at radius 1 is 0.793 bits per heavy atom. The van der Waals surface area contributed by atoms with Gasteiger partial charge in [0.2, 0.25) is 0 Å². The molecule has 158 valence electrons. The van der Waals surface area contributed by atoms with Gasteiger partial charge in [0.1, 0.15) is 0 Å². The Morgan fingerprint density at radius 3 is 1.66 bits per heavy atom. The van der Waals surface area contributed by atoms with E-state index in [-0.39, 0.29) is 29.9 Å². The number of hydrogen-bond acceptors (Lipinski definition) is 0. The predicted molar refractivity (Wildman–Crippen MR) is 106 cm³/mol. The van der Waals surface area contributed by atoms with Crippen molar-refractivity contribution in [2.75, 3.05) is 0 Å². The van der Waals surface area contributed by atoms with Crippen LogP contribution in [0.5, 0.6) is 0 Å². The van der Waals surface area contributed by atoms with Gasteiger partial charge >= 0.3 is 179 Å². The van der Waals surface area contributed by atoms with E-state index in [0.717, 1.165) is 50.5 Å². The molecular formula is C21H20F6Se2. The summed E-state index contributed by atoms with van der Waals surface area (Å²) in [5.41, 5.74) is -1.34. The molecule has 0 aliphatic rings. The van der Waals surface area contributed by atoms with Gasteiger partial charge in [0.05, 0.1) is 0 Å². The summed E-state index contributed by atoms with van der Waals surface area (Å²) in [6.07, 6.45) is -6.92. The Hall–Kier alpha value is -1.20. The molecule has 0 N–H and O–H groups in total. The van der Waals surface area contributed by atoms with Crippen LogP contribution in [0.15, 0.2) is 58.0 Å². The Morgan fingerprint density at radius 2 is 1.24 bits per heavy atom. The van der Waals surface area contributed by atoms with Crippen molar-refractivity contribution in [3.63, 3.8) is 0 Å². The van der Waals surface area contributed by atoms with Gasteiger partial charge < -0.3 is 0 Å². The molecule has 0 aliphatic heterocycles. The van der Waals surface area contributed by atoms with Gasteiger partial charge in [-0.2, -0.15) is 0 Å². The molecule has 8 heteroatoms. The van der Waals surface area contributed by atoms with Crippen LogP contribution >= 0.6 is 0 Å². The monoisotopic (exact) mass is 546 g/mol. The van der Waals surface area contributed by atoms with Crippen molar-refractivity contribution < 1.29 is 26.3 Å². The van der Waals surface area contributed by atoms with Crippen molar-refractivity contribution in [3.05, 3.63) is 69.1 Å². The molecule has 29 heavy (non-hydrogen) atoms. The molecule has 0 aliphatic carbocycles. The third-order valence-corrected chi connectivity index (χ3v) is 8.94. The molecule has 0 fully saturated rings. The molecular weight excluding hydrogens is 524 g/mol. The topological polar surface area (TPSA) is 0 Å². The van der Waals surface area contributed by atoms with Crippen LogP contribution in [0.2, 0.25) is 0 Å². The molecule has 0 bridgehead atoms. The van der Waals surface area contributed by atoms with Crippen LogP contribution in [0.25, 0.3) is 0 Å². The van der Waals surface area contributed by atoms with Crippen LogP contribution in [-0.2, 0) is 12.4 Å². The molecule has 0 heterocycles. The van der Waals surface area contributed by atoms with E-state index in [1.165, 1.54) is 24.3 Å². The summed E-state index contributed by atoms with van der Waals surface area (Å²) < 4.78 is 79.1. The minimum atomic E-state index is -4.35.